The fourth-order valence-corrected chi connectivity index (χ4v) is 3.19. The predicted molar refractivity (Wildman–Crippen MR) is 85.3 cm³/mol. The van der Waals surface area contributed by atoms with Gasteiger partial charge in [-0.25, -0.2) is 0 Å². The summed E-state index contributed by atoms with van der Waals surface area (Å²) < 4.78 is 0.799. The van der Waals surface area contributed by atoms with E-state index in [1.165, 1.54) is 0 Å². The van der Waals surface area contributed by atoms with Crippen molar-refractivity contribution in [3.05, 3.63) is 15.9 Å². The summed E-state index contributed by atoms with van der Waals surface area (Å²) in [6.45, 7) is 6.40. The number of aromatic nitrogens is 2. The molecule has 0 spiro atoms. The van der Waals surface area contributed by atoms with Gasteiger partial charge in [-0.2, -0.15) is 5.10 Å². The minimum absolute atomic E-state index is 0. The van der Waals surface area contributed by atoms with Crippen LogP contribution in [0.1, 0.15) is 48.8 Å². The minimum Gasteiger partial charge on any atom is -0.337 e. The van der Waals surface area contributed by atoms with Gasteiger partial charge in [0.2, 0.25) is 0 Å². The number of rotatable bonds is 3. The Morgan fingerprint density at radius 3 is 2.55 bits per heavy atom. The molecule has 0 bridgehead atoms. The second kappa shape index (κ2) is 7.43. The van der Waals surface area contributed by atoms with Crippen molar-refractivity contribution in [2.75, 3.05) is 19.6 Å². The number of piperidine rings is 1. The molecule has 0 aromatic carbocycles. The van der Waals surface area contributed by atoms with Crippen LogP contribution in [0.3, 0.4) is 0 Å². The van der Waals surface area contributed by atoms with Gasteiger partial charge in [0, 0.05) is 13.1 Å². The van der Waals surface area contributed by atoms with Crippen LogP contribution in [0.4, 0.5) is 0 Å². The molecule has 20 heavy (non-hydrogen) atoms. The number of nitrogens with zero attached hydrogens (tertiary/aromatic N) is 2. The number of nitrogens with one attached hydrogen (secondary N) is 1. The lowest BCUT2D eigenvalue weighted by molar-refractivity contribution is 0.0686. The van der Waals surface area contributed by atoms with Crippen LogP contribution in [-0.2, 0) is 0 Å². The van der Waals surface area contributed by atoms with Crippen LogP contribution in [0.25, 0.3) is 0 Å². The third kappa shape index (κ3) is 3.54. The molecule has 1 saturated heterocycles. The molecule has 5 nitrogen and oxygen atoms in total. The predicted octanol–water partition coefficient (Wildman–Crippen LogP) is 2.53. The highest BCUT2D eigenvalue weighted by molar-refractivity contribution is 9.10. The third-order valence-electron chi connectivity index (χ3n) is 3.75. The van der Waals surface area contributed by atoms with E-state index in [0.717, 1.165) is 36.1 Å². The van der Waals surface area contributed by atoms with Crippen molar-refractivity contribution in [3.8, 4) is 0 Å². The standard InChI is InChI=1S/C13H21BrN4O.ClH/c1-8(2)11-10(14)12(17-16-11)13(19)18-5-3-9(7-15)4-6-18;/h8-9H,3-7,15H2,1-2H3,(H,16,17);1H. The van der Waals surface area contributed by atoms with E-state index >= 15 is 0 Å². The molecule has 114 valence electrons. The first kappa shape index (κ1) is 17.5. The highest BCUT2D eigenvalue weighted by Crippen LogP contribution is 2.27. The van der Waals surface area contributed by atoms with Crippen molar-refractivity contribution in [1.29, 1.82) is 0 Å². The Hall–Kier alpha value is -0.590. The highest BCUT2D eigenvalue weighted by atomic mass is 79.9. The van der Waals surface area contributed by atoms with Gasteiger partial charge in [0.15, 0.2) is 5.69 Å². The minimum atomic E-state index is 0. The number of amides is 1. The van der Waals surface area contributed by atoms with Gasteiger partial charge in [0.05, 0.1) is 10.2 Å². The largest absolute Gasteiger partial charge is 0.337 e. The first-order valence-corrected chi connectivity index (χ1v) is 7.57. The van der Waals surface area contributed by atoms with Crippen molar-refractivity contribution >= 4 is 34.2 Å². The topological polar surface area (TPSA) is 75.0 Å². The lowest BCUT2D eigenvalue weighted by atomic mass is 9.97. The summed E-state index contributed by atoms with van der Waals surface area (Å²) in [5.74, 6) is 0.870. The molecule has 2 rings (SSSR count). The molecular formula is C13H22BrClN4O. The Balaban J connectivity index is 0.00000200. The van der Waals surface area contributed by atoms with Crippen LogP contribution in [0.5, 0.6) is 0 Å². The maximum absolute atomic E-state index is 12.4. The monoisotopic (exact) mass is 364 g/mol. The van der Waals surface area contributed by atoms with Gasteiger partial charge >= 0.3 is 0 Å². The molecular weight excluding hydrogens is 344 g/mol. The second-order valence-electron chi connectivity index (χ2n) is 5.43. The summed E-state index contributed by atoms with van der Waals surface area (Å²) in [4.78, 5) is 14.3. The van der Waals surface area contributed by atoms with Crippen molar-refractivity contribution < 1.29 is 4.79 Å². The van der Waals surface area contributed by atoms with Crippen LogP contribution < -0.4 is 5.73 Å². The zero-order chi connectivity index (χ0) is 14.0. The molecule has 1 aliphatic heterocycles. The van der Waals surface area contributed by atoms with E-state index in [2.05, 4.69) is 40.0 Å². The van der Waals surface area contributed by atoms with Gasteiger partial charge in [0.25, 0.3) is 5.91 Å². The Bertz CT molecular complexity index is 455. The fourth-order valence-electron chi connectivity index (χ4n) is 2.39. The molecule has 0 unspecified atom stereocenters. The summed E-state index contributed by atoms with van der Waals surface area (Å²) in [5.41, 5.74) is 7.14. The number of carbonyl (C=O) groups is 1. The zero-order valence-electron chi connectivity index (χ0n) is 11.9. The van der Waals surface area contributed by atoms with E-state index in [-0.39, 0.29) is 18.3 Å². The molecule has 1 fully saturated rings. The van der Waals surface area contributed by atoms with Crippen LogP contribution in [0.2, 0.25) is 0 Å². The lowest BCUT2D eigenvalue weighted by Crippen LogP contribution is -2.40. The summed E-state index contributed by atoms with van der Waals surface area (Å²) in [6, 6.07) is 0. The lowest BCUT2D eigenvalue weighted by Gasteiger charge is -2.30. The fraction of sp³-hybridized carbons (Fsp3) is 0.692. The summed E-state index contributed by atoms with van der Waals surface area (Å²) in [7, 11) is 0. The molecule has 0 saturated carbocycles. The smallest absolute Gasteiger partial charge is 0.275 e. The number of likely N-dealkylation sites (tertiary alicyclic amines) is 1. The molecule has 2 heterocycles. The second-order valence-corrected chi connectivity index (χ2v) is 6.22. The van der Waals surface area contributed by atoms with E-state index in [1.54, 1.807) is 0 Å². The van der Waals surface area contributed by atoms with Gasteiger partial charge in [-0.3, -0.25) is 9.89 Å². The molecule has 1 aromatic rings. The van der Waals surface area contributed by atoms with Crippen molar-refractivity contribution in [1.82, 2.24) is 15.1 Å². The van der Waals surface area contributed by atoms with E-state index in [4.69, 9.17) is 5.73 Å². The van der Waals surface area contributed by atoms with Crippen LogP contribution in [0, 0.1) is 5.92 Å². The van der Waals surface area contributed by atoms with Crippen molar-refractivity contribution in [2.45, 2.75) is 32.6 Å². The Labute approximate surface area is 134 Å². The average molecular weight is 366 g/mol. The van der Waals surface area contributed by atoms with Gasteiger partial charge in [-0.15, -0.1) is 12.4 Å². The van der Waals surface area contributed by atoms with E-state index in [9.17, 15) is 4.79 Å². The summed E-state index contributed by atoms with van der Waals surface area (Å²) >= 11 is 3.48. The normalized spacial score (nSPS) is 16.4. The number of aromatic amines is 1. The zero-order valence-corrected chi connectivity index (χ0v) is 14.3. The maximum atomic E-state index is 12.4. The van der Waals surface area contributed by atoms with Gasteiger partial charge in [0.1, 0.15) is 0 Å². The first-order valence-electron chi connectivity index (χ1n) is 6.77. The van der Waals surface area contributed by atoms with Crippen LogP contribution in [-0.4, -0.2) is 40.6 Å². The van der Waals surface area contributed by atoms with E-state index in [1.807, 2.05) is 4.90 Å². The molecule has 3 N–H and O–H groups in total. The molecule has 0 radical (unpaired) electrons. The Kier molecular flexibility index (Phi) is 6.48. The van der Waals surface area contributed by atoms with Gasteiger partial charge < -0.3 is 10.6 Å². The number of hydrogen-bond donors (Lipinski definition) is 2. The number of halogens is 2. The first-order chi connectivity index (χ1) is 9.04. The number of H-pyrrole nitrogens is 1. The summed E-state index contributed by atoms with van der Waals surface area (Å²) in [5, 5.41) is 7.11. The third-order valence-corrected chi connectivity index (χ3v) is 4.55. The quantitative estimate of drug-likeness (QED) is 0.864. The van der Waals surface area contributed by atoms with Gasteiger partial charge in [-0.05, 0) is 47.2 Å². The Morgan fingerprint density at radius 2 is 2.10 bits per heavy atom. The van der Waals surface area contributed by atoms with Crippen molar-refractivity contribution in [2.24, 2.45) is 11.7 Å². The van der Waals surface area contributed by atoms with Crippen LogP contribution in [0.15, 0.2) is 4.47 Å². The van der Waals surface area contributed by atoms with Crippen molar-refractivity contribution in [3.63, 3.8) is 0 Å². The number of hydrogen-bond acceptors (Lipinski definition) is 3. The van der Waals surface area contributed by atoms with E-state index < -0.39 is 0 Å². The Morgan fingerprint density at radius 1 is 1.50 bits per heavy atom. The molecule has 0 aliphatic carbocycles. The molecule has 1 aliphatic rings. The molecule has 1 amide bonds. The molecule has 1 aromatic heterocycles. The van der Waals surface area contributed by atoms with E-state index in [0.29, 0.717) is 24.1 Å². The highest BCUT2D eigenvalue weighted by Gasteiger charge is 2.27. The SMILES string of the molecule is CC(C)c1[nH]nc(C(=O)N2CCC(CN)CC2)c1Br.Cl. The number of nitrogens with two attached hydrogens (primary N) is 1. The molecule has 7 heteroatoms. The maximum Gasteiger partial charge on any atom is 0.275 e. The summed E-state index contributed by atoms with van der Waals surface area (Å²) in [6.07, 6.45) is 1.97. The van der Waals surface area contributed by atoms with Gasteiger partial charge in [-0.1, -0.05) is 13.8 Å². The average Bonchev–Trinajstić information content (AvgIpc) is 2.80. The molecule has 0 atom stereocenters. The van der Waals surface area contributed by atoms with Crippen LogP contribution >= 0.6 is 28.3 Å². The number of carbonyl (C=O) groups excluding carboxylic acids is 1.